The monoisotopic (exact) mass is 510 g/mol. The summed E-state index contributed by atoms with van der Waals surface area (Å²) in [5.41, 5.74) is 0. The largest absolute Gasteiger partial charge is 0.109 e. The normalized spacial score (nSPS) is 21.5. The molecule has 0 rings (SSSR count). The van der Waals surface area contributed by atoms with Gasteiger partial charge < -0.3 is 0 Å². The van der Waals surface area contributed by atoms with Crippen LogP contribution in [0, 0.1) is 0 Å². The summed E-state index contributed by atoms with van der Waals surface area (Å²) in [6, 6.07) is 0. The molecule has 0 aliphatic rings. The minimum absolute atomic E-state index is 0.0581. The highest BCUT2D eigenvalue weighted by Gasteiger charge is 2.27. The predicted octanol–water partition coefficient (Wildman–Crippen LogP) is 5.02. The first kappa shape index (κ1) is 14.7. The average Bonchev–Trinajstić information content (AvgIpc) is 2.02. The van der Waals surface area contributed by atoms with Gasteiger partial charge in [-0.3, -0.25) is 0 Å². The van der Waals surface area contributed by atoms with E-state index in [0.29, 0.717) is 9.65 Å². The Hall–Kier alpha value is 2.69. The van der Waals surface area contributed by atoms with Gasteiger partial charge in [0.15, 0.2) is 0 Å². The molecule has 4 unspecified atom stereocenters. The summed E-state index contributed by atoms with van der Waals surface area (Å²) < 4.78 is -0.0581. The van der Waals surface area contributed by atoms with Crippen molar-refractivity contribution in [3.63, 3.8) is 0 Å². The maximum absolute atomic E-state index is 5.87. The van der Waals surface area contributed by atoms with Crippen LogP contribution in [-0.4, -0.2) is 24.1 Å². The Bertz CT molecular complexity index is 121. The van der Waals surface area contributed by atoms with Gasteiger partial charge in [-0.2, -0.15) is 0 Å². The molecule has 0 saturated heterocycles. The van der Waals surface area contributed by atoms with E-state index in [9.17, 15) is 0 Å². The molecular formula is C6H8Br5Cl. The molecule has 0 aromatic rings. The standard InChI is InChI=1S/C6H8Br5Cl/c7-2-1-3(8)4(9)5(10)6(11)12/h3-6H,1-2H2. The van der Waals surface area contributed by atoms with Crippen LogP contribution in [0.3, 0.4) is 0 Å². The van der Waals surface area contributed by atoms with Crippen LogP contribution in [0.25, 0.3) is 0 Å². The maximum Gasteiger partial charge on any atom is 0.102 e. The van der Waals surface area contributed by atoms with Crippen molar-refractivity contribution < 1.29 is 0 Å². The van der Waals surface area contributed by atoms with Crippen molar-refractivity contribution >= 4 is 91.3 Å². The first-order valence-corrected chi connectivity index (χ1v) is 8.49. The minimum atomic E-state index is -0.0581. The van der Waals surface area contributed by atoms with Gasteiger partial charge in [0.2, 0.25) is 0 Å². The third-order valence-corrected chi connectivity index (χ3v) is 8.34. The second-order valence-electron chi connectivity index (χ2n) is 2.22. The highest BCUT2D eigenvalue weighted by Crippen LogP contribution is 2.31. The molecule has 0 aliphatic carbocycles. The summed E-state index contributed by atoms with van der Waals surface area (Å²) in [4.78, 5) is 0.944. The summed E-state index contributed by atoms with van der Waals surface area (Å²) in [5.74, 6) is 0. The molecule has 0 radical (unpaired) electrons. The fraction of sp³-hybridized carbons (Fsp3) is 1.00. The van der Waals surface area contributed by atoms with Crippen LogP contribution >= 0.6 is 91.3 Å². The molecule has 0 spiro atoms. The molecule has 0 aliphatic heterocycles. The number of rotatable bonds is 5. The Morgan fingerprint density at radius 1 is 1.00 bits per heavy atom. The van der Waals surface area contributed by atoms with Crippen molar-refractivity contribution in [2.24, 2.45) is 0 Å². The zero-order valence-corrected chi connectivity index (χ0v) is 14.7. The van der Waals surface area contributed by atoms with Crippen molar-refractivity contribution in [1.29, 1.82) is 0 Å². The van der Waals surface area contributed by atoms with Gasteiger partial charge in [-0.25, -0.2) is 0 Å². The van der Waals surface area contributed by atoms with E-state index in [1.54, 1.807) is 0 Å². The molecule has 6 heteroatoms. The highest BCUT2D eigenvalue weighted by molar-refractivity contribution is 9.14. The minimum Gasteiger partial charge on any atom is -0.109 e. The van der Waals surface area contributed by atoms with E-state index in [4.69, 9.17) is 11.6 Å². The van der Waals surface area contributed by atoms with Crippen molar-refractivity contribution in [2.45, 2.75) is 25.2 Å². The SMILES string of the molecule is ClC(Br)C(Br)C(Br)C(Br)CCBr. The Morgan fingerprint density at radius 2 is 1.50 bits per heavy atom. The fourth-order valence-corrected chi connectivity index (χ4v) is 4.69. The van der Waals surface area contributed by atoms with Gasteiger partial charge in [-0.1, -0.05) is 79.6 Å². The van der Waals surface area contributed by atoms with Crippen LogP contribution in [0.15, 0.2) is 0 Å². The molecule has 12 heavy (non-hydrogen) atoms. The molecule has 0 saturated carbocycles. The summed E-state index contributed by atoms with van der Waals surface area (Å²) in [7, 11) is 0. The molecule has 0 aromatic carbocycles. The third kappa shape index (κ3) is 5.54. The van der Waals surface area contributed by atoms with Gasteiger partial charge in [0.25, 0.3) is 0 Å². The zero-order chi connectivity index (χ0) is 9.72. The molecular weight excluding hydrogens is 507 g/mol. The van der Waals surface area contributed by atoms with E-state index < -0.39 is 0 Å². The Kier molecular flexibility index (Phi) is 9.69. The lowest BCUT2D eigenvalue weighted by Gasteiger charge is -2.22. The molecule has 0 aromatic heterocycles. The molecule has 0 heterocycles. The Balaban J connectivity index is 3.90. The lowest BCUT2D eigenvalue weighted by atomic mass is 10.2. The van der Waals surface area contributed by atoms with E-state index in [1.807, 2.05) is 0 Å². The van der Waals surface area contributed by atoms with Crippen LogP contribution in [0.1, 0.15) is 6.42 Å². The van der Waals surface area contributed by atoms with Gasteiger partial charge >= 0.3 is 0 Å². The smallest absolute Gasteiger partial charge is 0.102 e. The number of hydrogen-bond donors (Lipinski definition) is 0. The van der Waals surface area contributed by atoms with Gasteiger partial charge in [0.05, 0.1) is 4.83 Å². The highest BCUT2D eigenvalue weighted by atomic mass is 79.9. The van der Waals surface area contributed by atoms with E-state index in [0.717, 1.165) is 11.8 Å². The molecule has 0 bridgehead atoms. The van der Waals surface area contributed by atoms with Crippen molar-refractivity contribution in [1.82, 2.24) is 0 Å². The fourth-order valence-electron chi connectivity index (χ4n) is 0.602. The van der Waals surface area contributed by atoms with Crippen molar-refractivity contribution in [2.75, 3.05) is 5.33 Å². The quantitative estimate of drug-likeness (QED) is 0.452. The first-order chi connectivity index (χ1) is 5.50. The van der Waals surface area contributed by atoms with E-state index in [1.165, 1.54) is 0 Å². The average molecular weight is 515 g/mol. The second-order valence-corrected chi connectivity index (χ2v) is 8.28. The summed E-state index contributed by atoms with van der Waals surface area (Å²) in [6.45, 7) is 0. The Labute approximate surface area is 120 Å². The van der Waals surface area contributed by atoms with Gasteiger partial charge in [0, 0.05) is 15.0 Å². The van der Waals surface area contributed by atoms with E-state index in [2.05, 4.69) is 79.6 Å². The van der Waals surface area contributed by atoms with Crippen LogP contribution in [0.2, 0.25) is 0 Å². The summed E-state index contributed by atoms with van der Waals surface area (Å²) >= 11 is 23.3. The first-order valence-electron chi connectivity index (χ1n) is 3.27. The molecule has 0 N–H and O–H groups in total. The molecule has 0 amide bonds. The lowest BCUT2D eigenvalue weighted by Crippen LogP contribution is -2.28. The predicted molar refractivity (Wildman–Crippen MR) is 75.1 cm³/mol. The summed E-state index contributed by atoms with van der Waals surface area (Å²) in [5, 5.41) is 0.986. The Morgan fingerprint density at radius 3 is 1.83 bits per heavy atom. The molecule has 0 nitrogen and oxygen atoms in total. The number of hydrogen-bond acceptors (Lipinski definition) is 0. The van der Waals surface area contributed by atoms with Crippen LogP contribution < -0.4 is 0 Å². The van der Waals surface area contributed by atoms with E-state index in [-0.39, 0.29) is 9.11 Å². The van der Waals surface area contributed by atoms with E-state index >= 15 is 0 Å². The van der Waals surface area contributed by atoms with Gasteiger partial charge in [0.1, 0.15) is 4.29 Å². The zero-order valence-electron chi connectivity index (χ0n) is 5.99. The maximum atomic E-state index is 5.87. The third-order valence-electron chi connectivity index (χ3n) is 1.28. The molecule has 0 fully saturated rings. The number of alkyl halides is 6. The van der Waals surface area contributed by atoms with Gasteiger partial charge in [-0.15, -0.1) is 11.6 Å². The van der Waals surface area contributed by atoms with Gasteiger partial charge in [-0.05, 0) is 6.42 Å². The molecule has 4 atom stereocenters. The topological polar surface area (TPSA) is 0 Å². The van der Waals surface area contributed by atoms with Crippen LogP contribution in [0.4, 0.5) is 0 Å². The van der Waals surface area contributed by atoms with Crippen LogP contribution in [-0.2, 0) is 0 Å². The van der Waals surface area contributed by atoms with Crippen molar-refractivity contribution in [3.05, 3.63) is 0 Å². The van der Waals surface area contributed by atoms with Crippen LogP contribution in [0.5, 0.6) is 0 Å². The molecule has 74 valence electrons. The summed E-state index contributed by atoms with van der Waals surface area (Å²) in [6.07, 6.45) is 1.06. The number of halogens is 6. The lowest BCUT2D eigenvalue weighted by molar-refractivity contribution is 0.778. The second kappa shape index (κ2) is 7.91. The van der Waals surface area contributed by atoms with Crippen molar-refractivity contribution in [3.8, 4) is 0 Å².